The van der Waals surface area contributed by atoms with Gasteiger partial charge in [0, 0.05) is 24.3 Å². The van der Waals surface area contributed by atoms with Crippen LogP contribution in [0, 0.1) is 13.8 Å². The number of nitrogens with one attached hydrogen (secondary N) is 3. The zero-order valence-electron chi connectivity index (χ0n) is 25.0. The van der Waals surface area contributed by atoms with E-state index in [2.05, 4.69) is 14.8 Å². The first-order valence-corrected chi connectivity index (χ1v) is 17.1. The summed E-state index contributed by atoms with van der Waals surface area (Å²) in [5, 5.41) is 2.84. The molecule has 1 aliphatic heterocycles. The molecule has 0 bridgehead atoms. The molecular formula is C32H34N4O7S2. The first kappa shape index (κ1) is 31.8. The van der Waals surface area contributed by atoms with Gasteiger partial charge in [0.15, 0.2) is 0 Å². The van der Waals surface area contributed by atoms with Crippen LogP contribution in [0.5, 0.6) is 5.75 Å². The summed E-state index contributed by atoms with van der Waals surface area (Å²) in [5.41, 5.74) is 3.14. The van der Waals surface area contributed by atoms with Gasteiger partial charge in [-0.3, -0.25) is 14.2 Å². The van der Waals surface area contributed by atoms with E-state index in [1.54, 1.807) is 67.6 Å². The fraction of sp³-hybridized carbons (Fsp3) is 0.219. The van der Waals surface area contributed by atoms with Crippen molar-refractivity contribution in [1.29, 1.82) is 0 Å². The first-order chi connectivity index (χ1) is 21.5. The molecule has 3 N–H and O–H groups in total. The predicted octanol–water partition coefficient (Wildman–Crippen LogP) is 5.00. The lowest BCUT2D eigenvalue weighted by molar-refractivity contribution is 0.102. The van der Waals surface area contributed by atoms with Crippen LogP contribution < -0.4 is 24.4 Å². The van der Waals surface area contributed by atoms with Gasteiger partial charge in [0.05, 0.1) is 47.2 Å². The molecule has 0 aromatic heterocycles. The van der Waals surface area contributed by atoms with Crippen molar-refractivity contribution in [3.05, 3.63) is 102 Å². The Balaban J connectivity index is 1.47. The molecule has 1 amide bonds. The largest absolute Gasteiger partial charge is 0.495 e. The quantitative estimate of drug-likeness (QED) is 0.218. The van der Waals surface area contributed by atoms with Gasteiger partial charge in [-0.25, -0.2) is 16.8 Å². The van der Waals surface area contributed by atoms with E-state index in [0.29, 0.717) is 49.0 Å². The van der Waals surface area contributed by atoms with E-state index in [9.17, 15) is 21.6 Å². The molecule has 0 spiro atoms. The van der Waals surface area contributed by atoms with Crippen LogP contribution in [0.1, 0.15) is 21.5 Å². The van der Waals surface area contributed by atoms with Crippen molar-refractivity contribution in [2.75, 3.05) is 53.1 Å². The van der Waals surface area contributed by atoms with Crippen molar-refractivity contribution < 1.29 is 31.1 Å². The fourth-order valence-electron chi connectivity index (χ4n) is 4.83. The third-order valence-electron chi connectivity index (χ3n) is 7.30. The van der Waals surface area contributed by atoms with Crippen molar-refractivity contribution in [2.24, 2.45) is 0 Å². The van der Waals surface area contributed by atoms with Crippen LogP contribution in [0.2, 0.25) is 0 Å². The number of amides is 1. The van der Waals surface area contributed by atoms with Gasteiger partial charge >= 0.3 is 0 Å². The number of rotatable bonds is 10. The second kappa shape index (κ2) is 13.2. The van der Waals surface area contributed by atoms with Gasteiger partial charge in [0.2, 0.25) is 0 Å². The summed E-state index contributed by atoms with van der Waals surface area (Å²) in [6, 6.07) is 22.3. The Labute approximate surface area is 263 Å². The molecule has 1 saturated heterocycles. The second-order valence-corrected chi connectivity index (χ2v) is 13.9. The van der Waals surface area contributed by atoms with Gasteiger partial charge in [0.1, 0.15) is 5.75 Å². The summed E-state index contributed by atoms with van der Waals surface area (Å²) in [5.74, 6) is -0.247. The molecule has 4 aromatic rings. The highest BCUT2D eigenvalue weighted by atomic mass is 32.2. The number of sulfonamides is 2. The van der Waals surface area contributed by atoms with E-state index in [0.717, 1.165) is 5.56 Å². The summed E-state index contributed by atoms with van der Waals surface area (Å²) in [7, 11) is -6.66. The Morgan fingerprint density at radius 1 is 0.778 bits per heavy atom. The molecular weight excluding hydrogens is 617 g/mol. The van der Waals surface area contributed by atoms with Crippen LogP contribution in [0.3, 0.4) is 0 Å². The molecule has 236 valence electrons. The number of benzene rings is 4. The molecule has 0 atom stereocenters. The molecule has 13 heteroatoms. The van der Waals surface area contributed by atoms with Crippen LogP contribution in [0.25, 0.3) is 0 Å². The monoisotopic (exact) mass is 650 g/mol. The van der Waals surface area contributed by atoms with Crippen molar-refractivity contribution in [2.45, 2.75) is 23.6 Å². The maximum absolute atomic E-state index is 13.7. The number of nitrogens with zero attached hydrogens (tertiary/aromatic N) is 1. The summed E-state index contributed by atoms with van der Waals surface area (Å²) in [6.07, 6.45) is 0. The molecule has 4 aromatic carbocycles. The number of anilines is 4. The number of para-hydroxylation sites is 2. The summed E-state index contributed by atoms with van der Waals surface area (Å²) in [4.78, 5) is 15.5. The molecule has 0 radical (unpaired) electrons. The first-order valence-electron chi connectivity index (χ1n) is 14.1. The molecule has 1 aliphatic rings. The Morgan fingerprint density at radius 2 is 1.42 bits per heavy atom. The van der Waals surface area contributed by atoms with Gasteiger partial charge in [-0.15, -0.1) is 0 Å². The van der Waals surface area contributed by atoms with Crippen molar-refractivity contribution in [3.63, 3.8) is 0 Å². The number of carbonyl (C=O) groups is 1. The van der Waals surface area contributed by atoms with Crippen molar-refractivity contribution in [1.82, 2.24) is 0 Å². The summed E-state index contributed by atoms with van der Waals surface area (Å²) in [6.45, 7) is 5.60. The topological polar surface area (TPSA) is 143 Å². The molecule has 45 heavy (non-hydrogen) atoms. The van der Waals surface area contributed by atoms with E-state index >= 15 is 0 Å². The predicted molar refractivity (Wildman–Crippen MR) is 174 cm³/mol. The molecule has 0 saturated carbocycles. The lowest BCUT2D eigenvalue weighted by atomic mass is 10.1. The van der Waals surface area contributed by atoms with Crippen LogP contribution in [-0.2, 0) is 24.8 Å². The zero-order chi connectivity index (χ0) is 32.2. The maximum atomic E-state index is 13.7. The highest BCUT2D eigenvalue weighted by Gasteiger charge is 2.24. The van der Waals surface area contributed by atoms with Crippen LogP contribution >= 0.6 is 0 Å². The van der Waals surface area contributed by atoms with E-state index in [-0.39, 0.29) is 26.7 Å². The number of methoxy groups -OCH3 is 1. The van der Waals surface area contributed by atoms with Crippen molar-refractivity contribution in [3.8, 4) is 5.75 Å². The van der Waals surface area contributed by atoms with Gasteiger partial charge in [-0.05, 0) is 74.0 Å². The van der Waals surface area contributed by atoms with Crippen molar-refractivity contribution >= 4 is 48.7 Å². The molecule has 11 nitrogen and oxygen atoms in total. The normalized spacial score (nSPS) is 13.6. The maximum Gasteiger partial charge on any atom is 0.262 e. The molecule has 0 unspecified atom stereocenters. The van der Waals surface area contributed by atoms with Crippen LogP contribution in [0.4, 0.5) is 22.7 Å². The Hall–Kier alpha value is -4.59. The van der Waals surface area contributed by atoms with Crippen LogP contribution in [-0.4, -0.2) is 56.2 Å². The van der Waals surface area contributed by atoms with Gasteiger partial charge in [-0.2, -0.15) is 0 Å². The average Bonchev–Trinajstić information content (AvgIpc) is 3.02. The Bertz CT molecular complexity index is 1920. The van der Waals surface area contributed by atoms with Gasteiger partial charge in [0.25, 0.3) is 26.0 Å². The van der Waals surface area contributed by atoms with Crippen LogP contribution in [0.15, 0.2) is 94.7 Å². The number of ether oxygens (including phenoxy) is 2. The Morgan fingerprint density at radius 3 is 2.13 bits per heavy atom. The lowest BCUT2D eigenvalue weighted by Gasteiger charge is -2.31. The Kier molecular flexibility index (Phi) is 9.32. The minimum Gasteiger partial charge on any atom is -0.495 e. The van der Waals surface area contributed by atoms with E-state index < -0.39 is 26.0 Å². The molecule has 0 aliphatic carbocycles. The number of hydrogen-bond donors (Lipinski definition) is 3. The summed E-state index contributed by atoms with van der Waals surface area (Å²) < 4.78 is 69.2. The minimum absolute atomic E-state index is 0.0870. The fourth-order valence-corrected chi connectivity index (χ4v) is 7.01. The second-order valence-electron chi connectivity index (χ2n) is 10.5. The SMILES string of the molecule is COc1ccccc1NS(=O)(=O)c1ccc(N2CCOCC2)c(NC(=O)c2cc(S(=O)(=O)Nc3ccc(C)cc3)ccc2C)c1. The minimum atomic E-state index is -4.10. The standard InChI is InChI=1S/C32H34N4O7S2/c1-22-8-11-24(12-9-22)34-44(38,39)25-13-10-23(2)27(20-25)32(37)33-29-21-26(14-15-30(29)36-16-18-43-19-17-36)45(40,41)35-28-6-4-5-7-31(28)42-3/h4-15,20-21,34-35H,16-19H2,1-3H3,(H,33,37). The zero-order valence-corrected chi connectivity index (χ0v) is 26.7. The number of carbonyl (C=O) groups excluding carboxylic acids is 1. The van der Waals surface area contributed by atoms with E-state index in [1.807, 2.05) is 11.8 Å². The lowest BCUT2D eigenvalue weighted by Crippen LogP contribution is -2.36. The smallest absolute Gasteiger partial charge is 0.262 e. The average molecular weight is 651 g/mol. The number of aryl methyl sites for hydroxylation is 2. The number of hydrogen-bond acceptors (Lipinski definition) is 8. The molecule has 5 rings (SSSR count). The van der Waals surface area contributed by atoms with E-state index in [4.69, 9.17) is 9.47 Å². The molecule has 1 fully saturated rings. The van der Waals surface area contributed by atoms with E-state index in [1.165, 1.54) is 31.4 Å². The van der Waals surface area contributed by atoms with Gasteiger partial charge in [-0.1, -0.05) is 35.9 Å². The highest BCUT2D eigenvalue weighted by Crippen LogP contribution is 2.33. The molecule has 1 heterocycles. The third-order valence-corrected chi connectivity index (χ3v) is 10.0. The van der Waals surface area contributed by atoms with Gasteiger partial charge < -0.3 is 19.7 Å². The summed E-state index contributed by atoms with van der Waals surface area (Å²) >= 11 is 0. The third kappa shape index (κ3) is 7.39. The number of morpholine rings is 1. The highest BCUT2D eigenvalue weighted by molar-refractivity contribution is 7.93.